The van der Waals surface area contributed by atoms with Gasteiger partial charge in [-0.1, -0.05) is 52.5 Å². The van der Waals surface area contributed by atoms with Crippen LogP contribution in [0.3, 0.4) is 0 Å². The van der Waals surface area contributed by atoms with Crippen LogP contribution in [-0.4, -0.2) is 24.8 Å². The molecule has 0 unspecified atom stereocenters. The molecule has 0 aromatic heterocycles. The largest absolute Gasteiger partial charge is 0.497 e. The summed E-state index contributed by atoms with van der Waals surface area (Å²) in [5, 5.41) is 5.63. The van der Waals surface area contributed by atoms with Crippen molar-refractivity contribution in [1.82, 2.24) is 0 Å². The highest BCUT2D eigenvalue weighted by atomic mass is 35.5. The van der Waals surface area contributed by atoms with Crippen LogP contribution in [0, 0.1) is 0 Å². The van der Waals surface area contributed by atoms with E-state index in [0.29, 0.717) is 22.7 Å². The Hall–Kier alpha value is -3.23. The molecule has 0 bridgehead atoms. The molecule has 35 heavy (non-hydrogen) atoms. The lowest BCUT2D eigenvalue weighted by Gasteiger charge is -2.17. The van der Waals surface area contributed by atoms with Gasteiger partial charge >= 0.3 is 0 Å². The fraction of sp³-hybridized carbons (Fsp3) is 0.0417. The van der Waals surface area contributed by atoms with E-state index in [9.17, 15) is 14.4 Å². The van der Waals surface area contributed by atoms with Gasteiger partial charge in [-0.2, -0.15) is 0 Å². The molecule has 0 atom stereocenters. The molecule has 0 saturated carbocycles. The molecule has 0 radical (unpaired) electrons. The van der Waals surface area contributed by atoms with Crippen LogP contribution < -0.4 is 20.3 Å². The van der Waals surface area contributed by atoms with Crippen LogP contribution in [0.4, 0.5) is 17.1 Å². The smallest absolute Gasteiger partial charge is 0.283 e. The van der Waals surface area contributed by atoms with E-state index >= 15 is 0 Å². The normalized spacial score (nSPS) is 13.3. The molecule has 0 fully saturated rings. The van der Waals surface area contributed by atoms with Crippen LogP contribution >= 0.6 is 46.4 Å². The van der Waals surface area contributed by atoms with Gasteiger partial charge in [-0.25, -0.2) is 4.90 Å². The number of nitrogens with zero attached hydrogens (tertiary/aromatic N) is 1. The van der Waals surface area contributed by atoms with Crippen LogP contribution in [-0.2, 0) is 9.59 Å². The van der Waals surface area contributed by atoms with Crippen molar-refractivity contribution in [3.05, 3.63) is 92.0 Å². The number of imide groups is 1. The Balaban J connectivity index is 1.50. The zero-order valence-corrected chi connectivity index (χ0v) is 20.9. The minimum absolute atomic E-state index is 0.0515. The Morgan fingerprint density at radius 1 is 0.829 bits per heavy atom. The molecular formula is C24H15Cl4N3O4. The lowest BCUT2D eigenvalue weighted by Crippen LogP contribution is -2.32. The van der Waals surface area contributed by atoms with Gasteiger partial charge in [-0.3, -0.25) is 14.4 Å². The van der Waals surface area contributed by atoms with Gasteiger partial charge in [0.25, 0.3) is 17.7 Å². The molecule has 1 aliphatic rings. The van der Waals surface area contributed by atoms with Crippen molar-refractivity contribution in [3.8, 4) is 5.75 Å². The summed E-state index contributed by atoms with van der Waals surface area (Å²) >= 11 is 24.3. The van der Waals surface area contributed by atoms with Crippen LogP contribution in [0.2, 0.25) is 15.1 Å². The van der Waals surface area contributed by atoms with E-state index < -0.39 is 11.8 Å². The molecule has 4 rings (SSSR count). The fourth-order valence-corrected chi connectivity index (χ4v) is 4.11. The number of carbonyl (C=O) groups is 3. The molecule has 7 nitrogen and oxygen atoms in total. The van der Waals surface area contributed by atoms with Crippen LogP contribution in [0.25, 0.3) is 0 Å². The molecule has 1 heterocycles. The monoisotopic (exact) mass is 549 g/mol. The van der Waals surface area contributed by atoms with Gasteiger partial charge in [-0.05, 0) is 48.5 Å². The van der Waals surface area contributed by atoms with Gasteiger partial charge in [0.2, 0.25) is 0 Å². The Bertz CT molecular complexity index is 1390. The third-order valence-electron chi connectivity index (χ3n) is 5.00. The van der Waals surface area contributed by atoms with Crippen molar-refractivity contribution in [3.63, 3.8) is 0 Å². The summed E-state index contributed by atoms with van der Waals surface area (Å²) in [6, 6.07) is 15.8. The van der Waals surface area contributed by atoms with Gasteiger partial charge in [0.05, 0.1) is 27.9 Å². The first-order valence-electron chi connectivity index (χ1n) is 9.95. The number of methoxy groups -OCH3 is 1. The van der Waals surface area contributed by atoms with Crippen LogP contribution in [0.15, 0.2) is 71.4 Å². The summed E-state index contributed by atoms with van der Waals surface area (Å²) in [6.07, 6.45) is 0. The Kier molecular flexibility index (Phi) is 7.23. The van der Waals surface area contributed by atoms with Crippen molar-refractivity contribution in [2.24, 2.45) is 0 Å². The molecule has 3 aromatic rings. The lowest BCUT2D eigenvalue weighted by molar-refractivity contribution is -0.120. The fourth-order valence-electron chi connectivity index (χ4n) is 3.27. The van der Waals surface area contributed by atoms with E-state index in [1.54, 1.807) is 48.5 Å². The number of halogens is 4. The van der Waals surface area contributed by atoms with E-state index in [-0.39, 0.29) is 37.4 Å². The van der Waals surface area contributed by atoms with Gasteiger partial charge < -0.3 is 15.4 Å². The summed E-state index contributed by atoms with van der Waals surface area (Å²) in [7, 11) is 1.54. The lowest BCUT2D eigenvalue weighted by atomic mass is 10.2. The molecule has 2 N–H and O–H groups in total. The van der Waals surface area contributed by atoms with Gasteiger partial charge in [-0.15, -0.1) is 0 Å². The van der Waals surface area contributed by atoms with Crippen LogP contribution in [0.5, 0.6) is 5.75 Å². The predicted octanol–water partition coefficient (Wildman–Crippen LogP) is 6.34. The average molecular weight is 551 g/mol. The first-order chi connectivity index (χ1) is 16.7. The molecule has 0 aliphatic carbocycles. The molecule has 0 saturated heterocycles. The number of amides is 3. The van der Waals surface area contributed by atoms with Crippen molar-refractivity contribution >= 4 is 81.2 Å². The number of ether oxygens (including phenoxy) is 1. The zero-order chi connectivity index (χ0) is 25.3. The standard InChI is InChI=1S/C24H15Cl4N3O4/c1-35-15-4-2-3-14(9-15)30-22(32)12-5-7-13(8-6-12)29-21-20(28)23(33)31(24(21)34)19-11-17(26)16(25)10-18(19)27/h2-11,29H,1H3,(H,30,32). The topological polar surface area (TPSA) is 87.7 Å². The highest BCUT2D eigenvalue weighted by Crippen LogP contribution is 2.38. The van der Waals surface area contributed by atoms with E-state index in [1.165, 1.54) is 19.2 Å². The van der Waals surface area contributed by atoms with Crippen molar-refractivity contribution < 1.29 is 19.1 Å². The predicted molar refractivity (Wildman–Crippen MR) is 138 cm³/mol. The second-order valence-electron chi connectivity index (χ2n) is 7.24. The zero-order valence-electron chi connectivity index (χ0n) is 17.9. The van der Waals surface area contributed by atoms with Crippen molar-refractivity contribution in [2.45, 2.75) is 0 Å². The van der Waals surface area contributed by atoms with Gasteiger partial charge in [0, 0.05) is 23.0 Å². The number of nitrogens with one attached hydrogen (secondary N) is 2. The molecule has 3 aromatic carbocycles. The van der Waals surface area contributed by atoms with Crippen molar-refractivity contribution in [1.29, 1.82) is 0 Å². The minimum Gasteiger partial charge on any atom is -0.497 e. The summed E-state index contributed by atoms with van der Waals surface area (Å²) in [4.78, 5) is 39.1. The minimum atomic E-state index is -0.770. The quantitative estimate of drug-likeness (QED) is 0.276. The molecule has 3 amide bonds. The van der Waals surface area contributed by atoms with Gasteiger partial charge in [0.1, 0.15) is 16.5 Å². The number of hydrogen-bond donors (Lipinski definition) is 2. The summed E-state index contributed by atoms with van der Waals surface area (Å²) in [5.74, 6) is -1.22. The third-order valence-corrected chi connectivity index (χ3v) is 6.38. The first-order valence-corrected chi connectivity index (χ1v) is 11.5. The van der Waals surface area contributed by atoms with E-state index in [1.807, 2.05) is 0 Å². The number of hydrogen-bond acceptors (Lipinski definition) is 5. The Morgan fingerprint density at radius 3 is 2.20 bits per heavy atom. The molecule has 11 heteroatoms. The second-order valence-corrected chi connectivity index (χ2v) is 8.84. The average Bonchev–Trinajstić information content (AvgIpc) is 3.05. The molecular weight excluding hydrogens is 536 g/mol. The summed E-state index contributed by atoms with van der Waals surface area (Å²) in [6.45, 7) is 0. The maximum Gasteiger partial charge on any atom is 0.283 e. The van der Waals surface area contributed by atoms with E-state index in [4.69, 9.17) is 51.1 Å². The van der Waals surface area contributed by atoms with E-state index in [0.717, 1.165) is 4.90 Å². The molecule has 1 aliphatic heterocycles. The Morgan fingerprint density at radius 2 is 1.51 bits per heavy atom. The second kappa shape index (κ2) is 10.2. The number of anilines is 3. The maximum atomic E-state index is 13.0. The highest BCUT2D eigenvalue weighted by molar-refractivity contribution is 6.54. The SMILES string of the molecule is COc1cccc(NC(=O)c2ccc(NC3=C(Cl)C(=O)N(c4cc(Cl)c(Cl)cc4Cl)C3=O)cc2)c1. The van der Waals surface area contributed by atoms with Crippen LogP contribution in [0.1, 0.15) is 10.4 Å². The van der Waals surface area contributed by atoms with Crippen molar-refractivity contribution in [2.75, 3.05) is 22.6 Å². The maximum absolute atomic E-state index is 13.0. The Labute approximate surface area is 220 Å². The van der Waals surface area contributed by atoms with E-state index in [2.05, 4.69) is 10.6 Å². The van der Waals surface area contributed by atoms with Gasteiger partial charge in [0.15, 0.2) is 0 Å². The molecule has 0 spiro atoms. The highest BCUT2D eigenvalue weighted by Gasteiger charge is 2.40. The summed E-state index contributed by atoms with van der Waals surface area (Å²) < 4.78 is 5.15. The summed E-state index contributed by atoms with van der Waals surface area (Å²) in [5.41, 5.74) is 1.28. The number of rotatable bonds is 6. The number of carbonyl (C=O) groups excluding carboxylic acids is 3. The number of benzene rings is 3. The first kappa shape index (κ1) is 24.9. The third kappa shape index (κ3) is 5.09. The molecule has 178 valence electrons.